The smallest absolute Gasteiger partial charge is 0.335 e. The third-order valence-electron chi connectivity index (χ3n) is 3.38. The lowest BCUT2D eigenvalue weighted by Gasteiger charge is -2.24. The van der Waals surface area contributed by atoms with Crippen LogP contribution in [0.2, 0.25) is 0 Å². The molecule has 1 aliphatic heterocycles. The Hall–Kier alpha value is -1.95. The number of carboxylic acids is 1. The second-order valence-electron chi connectivity index (χ2n) is 4.69. The van der Waals surface area contributed by atoms with Gasteiger partial charge in [0.15, 0.2) is 0 Å². The van der Waals surface area contributed by atoms with Crippen molar-refractivity contribution in [2.24, 2.45) is 0 Å². The molecule has 6 nitrogen and oxygen atoms in total. The SMILES string of the molecule is CCOCC1CCCN1C(=O)c1cc(C(=O)O)ccn1. The van der Waals surface area contributed by atoms with Gasteiger partial charge in [-0.25, -0.2) is 4.79 Å². The van der Waals surface area contributed by atoms with Gasteiger partial charge in [-0.3, -0.25) is 9.78 Å². The van der Waals surface area contributed by atoms with E-state index in [1.54, 1.807) is 4.90 Å². The van der Waals surface area contributed by atoms with Crippen LogP contribution in [0.4, 0.5) is 0 Å². The Balaban J connectivity index is 2.13. The maximum absolute atomic E-state index is 12.4. The molecule has 0 aliphatic carbocycles. The van der Waals surface area contributed by atoms with E-state index in [4.69, 9.17) is 9.84 Å². The number of likely N-dealkylation sites (tertiary alicyclic amines) is 1. The van der Waals surface area contributed by atoms with E-state index >= 15 is 0 Å². The van der Waals surface area contributed by atoms with Crippen molar-refractivity contribution >= 4 is 11.9 Å². The molecule has 1 aromatic heterocycles. The maximum Gasteiger partial charge on any atom is 0.335 e. The summed E-state index contributed by atoms with van der Waals surface area (Å²) < 4.78 is 5.39. The first kappa shape index (κ1) is 14.5. The van der Waals surface area contributed by atoms with Crippen LogP contribution in [0.25, 0.3) is 0 Å². The minimum Gasteiger partial charge on any atom is -0.478 e. The quantitative estimate of drug-likeness (QED) is 0.881. The number of rotatable bonds is 5. The number of ether oxygens (including phenoxy) is 1. The largest absolute Gasteiger partial charge is 0.478 e. The van der Waals surface area contributed by atoms with E-state index in [0.717, 1.165) is 12.8 Å². The predicted octanol–water partition coefficient (Wildman–Crippen LogP) is 1.42. The summed E-state index contributed by atoms with van der Waals surface area (Å²) in [6.07, 6.45) is 3.19. The second kappa shape index (κ2) is 6.47. The third kappa shape index (κ3) is 3.14. The summed E-state index contributed by atoms with van der Waals surface area (Å²) in [5.41, 5.74) is 0.247. The molecule has 0 radical (unpaired) electrons. The standard InChI is InChI=1S/C14H18N2O4/c1-2-20-9-11-4-3-7-16(11)13(17)12-8-10(14(18)19)5-6-15-12/h5-6,8,11H,2-4,7,9H2,1H3,(H,18,19). The van der Waals surface area contributed by atoms with Crippen LogP contribution in [0.15, 0.2) is 18.3 Å². The van der Waals surface area contributed by atoms with Crippen molar-refractivity contribution in [2.75, 3.05) is 19.8 Å². The molecule has 1 atom stereocenters. The molecule has 108 valence electrons. The highest BCUT2D eigenvalue weighted by Crippen LogP contribution is 2.20. The molecule has 0 bridgehead atoms. The van der Waals surface area contributed by atoms with Gasteiger partial charge in [-0.1, -0.05) is 0 Å². The van der Waals surface area contributed by atoms with Gasteiger partial charge in [0.25, 0.3) is 5.91 Å². The highest BCUT2D eigenvalue weighted by atomic mass is 16.5. The fourth-order valence-electron chi connectivity index (χ4n) is 2.36. The summed E-state index contributed by atoms with van der Waals surface area (Å²) in [6.45, 7) is 3.71. The van der Waals surface area contributed by atoms with Gasteiger partial charge < -0.3 is 14.7 Å². The summed E-state index contributed by atoms with van der Waals surface area (Å²) in [6, 6.07) is 2.75. The summed E-state index contributed by atoms with van der Waals surface area (Å²) in [7, 11) is 0. The van der Waals surface area contributed by atoms with Crippen molar-refractivity contribution in [3.8, 4) is 0 Å². The average Bonchev–Trinajstić information content (AvgIpc) is 2.92. The molecular formula is C14H18N2O4. The molecule has 0 spiro atoms. The van der Waals surface area contributed by atoms with Crippen LogP contribution in [0.1, 0.15) is 40.6 Å². The molecule has 1 N–H and O–H groups in total. The van der Waals surface area contributed by atoms with Crippen LogP contribution in [0.3, 0.4) is 0 Å². The molecule has 0 aromatic carbocycles. The molecule has 1 unspecified atom stereocenters. The topological polar surface area (TPSA) is 79.7 Å². The number of nitrogens with zero attached hydrogens (tertiary/aromatic N) is 2. The number of aromatic nitrogens is 1. The van der Waals surface area contributed by atoms with E-state index in [9.17, 15) is 9.59 Å². The highest BCUT2D eigenvalue weighted by Gasteiger charge is 2.30. The molecule has 1 fully saturated rings. The van der Waals surface area contributed by atoms with Crippen molar-refractivity contribution in [1.29, 1.82) is 0 Å². The summed E-state index contributed by atoms with van der Waals surface area (Å²) in [4.78, 5) is 29.1. The van der Waals surface area contributed by atoms with Gasteiger partial charge in [-0.05, 0) is 31.9 Å². The number of hydrogen-bond acceptors (Lipinski definition) is 4. The predicted molar refractivity (Wildman–Crippen MR) is 71.7 cm³/mol. The van der Waals surface area contributed by atoms with Gasteiger partial charge in [0, 0.05) is 19.3 Å². The van der Waals surface area contributed by atoms with Crippen molar-refractivity contribution in [2.45, 2.75) is 25.8 Å². The van der Waals surface area contributed by atoms with Crippen molar-refractivity contribution in [3.05, 3.63) is 29.6 Å². The van der Waals surface area contributed by atoms with Crippen LogP contribution in [0, 0.1) is 0 Å². The van der Waals surface area contributed by atoms with Crippen LogP contribution in [0.5, 0.6) is 0 Å². The molecule has 1 amide bonds. The summed E-state index contributed by atoms with van der Waals surface area (Å²) in [5.74, 6) is -1.29. The van der Waals surface area contributed by atoms with Crippen LogP contribution < -0.4 is 0 Å². The number of carboxylic acid groups (broad SMARTS) is 1. The van der Waals surface area contributed by atoms with Gasteiger partial charge in [-0.15, -0.1) is 0 Å². The normalized spacial score (nSPS) is 18.2. The van der Waals surface area contributed by atoms with E-state index in [2.05, 4.69) is 4.98 Å². The molecule has 2 heterocycles. The molecule has 1 aromatic rings. The molecule has 6 heteroatoms. The lowest BCUT2D eigenvalue weighted by molar-refractivity contribution is 0.0559. The minimum atomic E-state index is -1.06. The highest BCUT2D eigenvalue weighted by molar-refractivity contribution is 5.96. The Morgan fingerprint density at radius 1 is 1.55 bits per heavy atom. The van der Waals surface area contributed by atoms with Crippen LogP contribution in [-0.2, 0) is 4.74 Å². The Morgan fingerprint density at radius 2 is 2.35 bits per heavy atom. The van der Waals surface area contributed by atoms with Gasteiger partial charge >= 0.3 is 5.97 Å². The monoisotopic (exact) mass is 278 g/mol. The second-order valence-corrected chi connectivity index (χ2v) is 4.69. The zero-order valence-corrected chi connectivity index (χ0v) is 11.4. The van der Waals surface area contributed by atoms with Crippen molar-refractivity contribution in [1.82, 2.24) is 9.88 Å². The zero-order valence-electron chi connectivity index (χ0n) is 11.4. The van der Waals surface area contributed by atoms with E-state index in [1.165, 1.54) is 18.3 Å². The third-order valence-corrected chi connectivity index (χ3v) is 3.38. The fourth-order valence-corrected chi connectivity index (χ4v) is 2.36. The average molecular weight is 278 g/mol. The number of amides is 1. The lowest BCUT2D eigenvalue weighted by Crippen LogP contribution is -2.38. The number of carbonyl (C=O) groups excluding carboxylic acids is 1. The number of hydrogen-bond donors (Lipinski definition) is 1. The summed E-state index contributed by atoms with van der Waals surface area (Å²) >= 11 is 0. The molecular weight excluding hydrogens is 260 g/mol. The van der Waals surface area contributed by atoms with Crippen LogP contribution >= 0.6 is 0 Å². The zero-order chi connectivity index (χ0) is 14.5. The van der Waals surface area contributed by atoms with Gasteiger partial charge in [0.05, 0.1) is 18.2 Å². The maximum atomic E-state index is 12.4. The molecule has 1 aliphatic rings. The first-order chi connectivity index (χ1) is 9.63. The lowest BCUT2D eigenvalue weighted by atomic mass is 10.2. The number of aromatic carboxylic acids is 1. The Kier molecular flexibility index (Phi) is 4.68. The Bertz CT molecular complexity index is 504. The van der Waals surface area contributed by atoms with Gasteiger partial charge in [-0.2, -0.15) is 0 Å². The van der Waals surface area contributed by atoms with E-state index < -0.39 is 5.97 Å². The van der Waals surface area contributed by atoms with Gasteiger partial charge in [0.1, 0.15) is 5.69 Å². The van der Waals surface area contributed by atoms with Crippen molar-refractivity contribution < 1.29 is 19.4 Å². The molecule has 0 saturated carbocycles. The number of carbonyl (C=O) groups is 2. The molecule has 20 heavy (non-hydrogen) atoms. The van der Waals surface area contributed by atoms with E-state index in [0.29, 0.717) is 19.8 Å². The first-order valence-corrected chi connectivity index (χ1v) is 6.71. The van der Waals surface area contributed by atoms with E-state index in [-0.39, 0.29) is 23.2 Å². The van der Waals surface area contributed by atoms with Crippen LogP contribution in [-0.4, -0.2) is 52.7 Å². The number of pyridine rings is 1. The fraction of sp³-hybridized carbons (Fsp3) is 0.500. The minimum absolute atomic E-state index is 0.0535. The Labute approximate surface area is 117 Å². The van der Waals surface area contributed by atoms with Crippen molar-refractivity contribution in [3.63, 3.8) is 0 Å². The Morgan fingerprint density at radius 3 is 3.05 bits per heavy atom. The molecule has 2 rings (SSSR count). The first-order valence-electron chi connectivity index (χ1n) is 6.71. The van der Waals surface area contributed by atoms with E-state index in [1.807, 2.05) is 6.92 Å². The summed E-state index contributed by atoms with van der Waals surface area (Å²) in [5, 5.41) is 8.95. The van der Waals surface area contributed by atoms with Gasteiger partial charge in [0.2, 0.25) is 0 Å². The molecule has 1 saturated heterocycles.